The molecule has 0 bridgehead atoms. The first-order chi connectivity index (χ1) is 14.0. The molecule has 2 atom stereocenters. The zero-order valence-corrected chi connectivity index (χ0v) is 16.4. The largest absolute Gasteiger partial charge is 0.445 e. The number of hydrogen-bond acceptors (Lipinski definition) is 7. The van der Waals surface area contributed by atoms with E-state index in [1.165, 1.54) is 0 Å². The molecule has 1 aromatic carbocycles. The van der Waals surface area contributed by atoms with Crippen LogP contribution in [0.1, 0.15) is 36.6 Å². The smallest absolute Gasteiger partial charge is 0.408 e. The summed E-state index contributed by atoms with van der Waals surface area (Å²) in [6.07, 6.45) is 0.146. The van der Waals surface area contributed by atoms with Crippen LogP contribution in [0.3, 0.4) is 0 Å². The molecule has 2 unspecified atom stereocenters. The Morgan fingerprint density at radius 1 is 1.24 bits per heavy atom. The van der Waals surface area contributed by atoms with Crippen LogP contribution in [-0.2, 0) is 25.7 Å². The van der Waals surface area contributed by atoms with Gasteiger partial charge in [0.2, 0.25) is 5.78 Å². The average Bonchev–Trinajstić information content (AvgIpc) is 3.22. The van der Waals surface area contributed by atoms with E-state index in [-0.39, 0.29) is 18.8 Å². The predicted molar refractivity (Wildman–Crippen MR) is 105 cm³/mol. The van der Waals surface area contributed by atoms with E-state index < -0.39 is 29.7 Å². The quantitative estimate of drug-likeness (QED) is 0.670. The molecule has 1 fully saturated rings. The molecule has 29 heavy (non-hydrogen) atoms. The van der Waals surface area contributed by atoms with Crippen LogP contribution in [0.15, 0.2) is 41.8 Å². The van der Waals surface area contributed by atoms with Gasteiger partial charge in [-0.2, -0.15) is 4.37 Å². The highest BCUT2D eigenvalue weighted by Gasteiger charge is 2.33. The summed E-state index contributed by atoms with van der Waals surface area (Å²) in [5.41, 5.74) is 1.19. The first kappa shape index (κ1) is 20.7. The average molecular weight is 415 g/mol. The maximum absolute atomic E-state index is 12.9. The molecule has 152 valence electrons. The number of nitrogens with zero attached hydrogens (tertiary/aromatic N) is 1. The minimum absolute atomic E-state index is 0.0614. The number of hydrogen-bond donors (Lipinski definition) is 2. The van der Waals surface area contributed by atoms with Crippen LogP contribution in [0.5, 0.6) is 0 Å². The standard InChI is InChI=1S/C20H21N3O5S/c24-16(11-14-7-4-9-21-19(26)18(14)25)17(15-8-10-29-23-15)22-20(27)28-12-13-5-2-1-3-6-13/h1-3,5-6,8,10,14,17H,4,7,9,11-12H2,(H,21,26)(H,22,27). The Bertz CT molecular complexity index is 870. The summed E-state index contributed by atoms with van der Waals surface area (Å²) in [4.78, 5) is 49.1. The van der Waals surface area contributed by atoms with E-state index in [9.17, 15) is 19.2 Å². The molecular weight excluding hydrogens is 394 g/mol. The first-order valence-electron chi connectivity index (χ1n) is 9.27. The van der Waals surface area contributed by atoms with Crippen molar-refractivity contribution in [3.63, 3.8) is 0 Å². The number of carbonyl (C=O) groups is 4. The molecule has 1 aromatic heterocycles. The Morgan fingerprint density at radius 2 is 2.03 bits per heavy atom. The molecule has 0 aliphatic carbocycles. The Morgan fingerprint density at radius 3 is 2.76 bits per heavy atom. The van der Waals surface area contributed by atoms with Crippen molar-refractivity contribution < 1.29 is 23.9 Å². The van der Waals surface area contributed by atoms with Gasteiger partial charge in [0.1, 0.15) is 12.6 Å². The third kappa shape index (κ3) is 5.71. The molecule has 0 radical (unpaired) electrons. The van der Waals surface area contributed by atoms with E-state index in [4.69, 9.17) is 4.74 Å². The number of ketones is 2. The minimum atomic E-state index is -1.04. The van der Waals surface area contributed by atoms with Crippen LogP contribution in [-0.4, -0.2) is 34.5 Å². The lowest BCUT2D eigenvalue weighted by atomic mass is 9.90. The zero-order chi connectivity index (χ0) is 20.6. The van der Waals surface area contributed by atoms with Crippen LogP contribution in [0.2, 0.25) is 0 Å². The molecule has 3 rings (SSSR count). The van der Waals surface area contributed by atoms with Gasteiger partial charge >= 0.3 is 6.09 Å². The van der Waals surface area contributed by atoms with Gasteiger partial charge in [0, 0.05) is 24.3 Å². The van der Waals surface area contributed by atoms with Crippen LogP contribution >= 0.6 is 11.5 Å². The fraction of sp³-hybridized carbons (Fsp3) is 0.350. The van der Waals surface area contributed by atoms with Gasteiger partial charge in [0.15, 0.2) is 5.78 Å². The predicted octanol–water partition coefficient (Wildman–Crippen LogP) is 2.17. The number of amides is 2. The number of rotatable bonds is 7. The van der Waals surface area contributed by atoms with E-state index in [2.05, 4.69) is 15.0 Å². The highest BCUT2D eigenvalue weighted by Crippen LogP contribution is 2.22. The van der Waals surface area contributed by atoms with Crippen molar-refractivity contribution in [1.82, 2.24) is 15.0 Å². The van der Waals surface area contributed by atoms with Gasteiger partial charge in [0.05, 0.1) is 5.69 Å². The van der Waals surface area contributed by atoms with Gasteiger partial charge in [-0.25, -0.2) is 4.79 Å². The first-order valence-corrected chi connectivity index (χ1v) is 10.1. The maximum Gasteiger partial charge on any atom is 0.408 e. The number of carbonyl (C=O) groups excluding carboxylic acids is 4. The van der Waals surface area contributed by atoms with E-state index >= 15 is 0 Å². The van der Waals surface area contributed by atoms with Gasteiger partial charge in [-0.3, -0.25) is 14.4 Å². The monoisotopic (exact) mass is 415 g/mol. The van der Waals surface area contributed by atoms with E-state index in [0.29, 0.717) is 25.1 Å². The number of Topliss-reactive ketones (excluding diaryl/α,β-unsaturated/α-hetero) is 2. The lowest BCUT2D eigenvalue weighted by Gasteiger charge is -2.18. The number of alkyl carbamates (subject to hydrolysis) is 1. The number of benzene rings is 1. The lowest BCUT2D eigenvalue weighted by molar-refractivity contribution is -0.140. The summed E-state index contributed by atoms with van der Waals surface area (Å²) in [5, 5.41) is 6.75. The fourth-order valence-electron chi connectivity index (χ4n) is 3.08. The number of ether oxygens (including phenoxy) is 1. The molecule has 8 nitrogen and oxygen atoms in total. The molecule has 1 aliphatic heterocycles. The summed E-state index contributed by atoms with van der Waals surface area (Å²) in [5.74, 6) is -2.35. The fourth-order valence-corrected chi connectivity index (χ4v) is 3.63. The molecule has 2 N–H and O–H groups in total. The summed E-state index contributed by atoms with van der Waals surface area (Å²) in [7, 11) is 0. The van der Waals surface area contributed by atoms with Crippen LogP contribution in [0.4, 0.5) is 4.79 Å². The van der Waals surface area contributed by atoms with Gasteiger partial charge < -0.3 is 15.4 Å². The van der Waals surface area contributed by atoms with Crippen molar-refractivity contribution in [2.75, 3.05) is 6.54 Å². The van der Waals surface area contributed by atoms with Gasteiger partial charge in [-0.1, -0.05) is 30.3 Å². The van der Waals surface area contributed by atoms with E-state index in [1.54, 1.807) is 11.4 Å². The molecule has 2 aromatic rings. The summed E-state index contributed by atoms with van der Waals surface area (Å²) >= 11 is 1.15. The van der Waals surface area contributed by atoms with Crippen molar-refractivity contribution in [2.24, 2.45) is 5.92 Å². The SMILES string of the molecule is O=C(NC(C(=O)CC1CCCNC(=O)C1=O)c1ccsn1)OCc1ccccc1. The molecular formula is C20H21N3O5S. The molecule has 1 saturated heterocycles. The molecule has 9 heteroatoms. The Balaban J connectivity index is 1.65. The van der Waals surface area contributed by atoms with Gasteiger partial charge in [-0.05, 0) is 36.0 Å². The second-order valence-electron chi connectivity index (χ2n) is 6.69. The number of aromatic nitrogens is 1. The summed E-state index contributed by atoms with van der Waals surface area (Å²) in [6.45, 7) is 0.473. The van der Waals surface area contributed by atoms with Crippen LogP contribution < -0.4 is 10.6 Å². The highest BCUT2D eigenvalue weighted by atomic mass is 32.1. The minimum Gasteiger partial charge on any atom is -0.445 e. The lowest BCUT2D eigenvalue weighted by Crippen LogP contribution is -2.37. The molecule has 2 amide bonds. The van der Waals surface area contributed by atoms with E-state index in [0.717, 1.165) is 17.1 Å². The van der Waals surface area contributed by atoms with Crippen LogP contribution in [0.25, 0.3) is 0 Å². The van der Waals surface area contributed by atoms with Crippen molar-refractivity contribution in [3.05, 3.63) is 53.0 Å². The normalized spacial score (nSPS) is 17.7. The third-order valence-electron chi connectivity index (χ3n) is 4.61. The number of nitrogens with one attached hydrogen (secondary N) is 2. The van der Waals surface area contributed by atoms with Crippen molar-refractivity contribution in [2.45, 2.75) is 31.9 Å². The van der Waals surface area contributed by atoms with Gasteiger partial charge in [-0.15, -0.1) is 0 Å². The summed E-state index contributed by atoms with van der Waals surface area (Å²) < 4.78 is 9.34. The van der Waals surface area contributed by atoms with Crippen LogP contribution in [0, 0.1) is 5.92 Å². The zero-order valence-electron chi connectivity index (χ0n) is 15.6. The Labute approximate surface area is 171 Å². The molecule has 0 saturated carbocycles. The van der Waals surface area contributed by atoms with Crippen molar-refractivity contribution >= 4 is 35.1 Å². The summed E-state index contributed by atoms with van der Waals surface area (Å²) in [6, 6.07) is 9.75. The maximum atomic E-state index is 12.9. The second-order valence-corrected chi connectivity index (χ2v) is 7.36. The third-order valence-corrected chi connectivity index (χ3v) is 5.18. The Kier molecular flexibility index (Phi) is 7.07. The van der Waals surface area contributed by atoms with Crippen molar-refractivity contribution in [1.29, 1.82) is 0 Å². The highest BCUT2D eigenvalue weighted by molar-refractivity contribution is 7.03. The molecule has 2 heterocycles. The topological polar surface area (TPSA) is 114 Å². The van der Waals surface area contributed by atoms with Crippen molar-refractivity contribution in [3.8, 4) is 0 Å². The second kappa shape index (κ2) is 9.92. The molecule has 0 spiro atoms. The molecule has 1 aliphatic rings. The Hall–Kier alpha value is -3.07. The van der Waals surface area contributed by atoms with Gasteiger partial charge in [0.25, 0.3) is 5.91 Å². The van der Waals surface area contributed by atoms with E-state index in [1.807, 2.05) is 30.3 Å².